The van der Waals surface area contributed by atoms with Crippen molar-refractivity contribution in [1.29, 1.82) is 0 Å². The lowest BCUT2D eigenvalue weighted by Gasteiger charge is -2.20. The Bertz CT molecular complexity index is 1060. The molecule has 8 heteroatoms. The molecule has 0 spiro atoms. The van der Waals surface area contributed by atoms with Crippen LogP contribution in [0.5, 0.6) is 5.75 Å². The smallest absolute Gasteiger partial charge is 0.244 e. The number of tetrazole rings is 1. The fraction of sp³-hybridized carbons (Fsp3) is 0.143. The molecule has 0 radical (unpaired) electrons. The van der Waals surface area contributed by atoms with Crippen molar-refractivity contribution < 1.29 is 9.53 Å². The van der Waals surface area contributed by atoms with Gasteiger partial charge in [0.25, 0.3) is 0 Å². The van der Waals surface area contributed by atoms with Gasteiger partial charge in [0.15, 0.2) is 0 Å². The number of benzene rings is 2. The highest BCUT2D eigenvalue weighted by Gasteiger charge is 2.18. The number of nitrogens with one attached hydrogen (secondary N) is 1. The third-order valence-corrected chi connectivity index (χ3v) is 5.09. The van der Waals surface area contributed by atoms with Gasteiger partial charge in [0.2, 0.25) is 11.7 Å². The van der Waals surface area contributed by atoms with Gasteiger partial charge < -0.3 is 10.1 Å². The largest absolute Gasteiger partial charge is 0.497 e. The molecule has 0 aliphatic carbocycles. The van der Waals surface area contributed by atoms with Crippen LogP contribution in [0.25, 0.3) is 11.4 Å². The maximum absolute atomic E-state index is 12.7. The van der Waals surface area contributed by atoms with Gasteiger partial charge >= 0.3 is 0 Å². The van der Waals surface area contributed by atoms with Crippen molar-refractivity contribution >= 4 is 17.2 Å². The zero-order valence-electron chi connectivity index (χ0n) is 15.7. The van der Waals surface area contributed by atoms with E-state index >= 15 is 0 Å². The summed E-state index contributed by atoms with van der Waals surface area (Å²) in [5, 5.41) is 19.3. The molecular formula is C21H19N5O2S. The summed E-state index contributed by atoms with van der Waals surface area (Å²) in [6.07, 6.45) is 0. The molecule has 2 aromatic carbocycles. The number of carbonyl (C=O) groups excluding carboxylic acids is 1. The summed E-state index contributed by atoms with van der Waals surface area (Å²) in [5.41, 5.74) is 2.83. The molecule has 0 fully saturated rings. The van der Waals surface area contributed by atoms with Crippen LogP contribution in [-0.4, -0.2) is 33.2 Å². The van der Waals surface area contributed by atoms with Gasteiger partial charge in [0.05, 0.1) is 13.2 Å². The Morgan fingerprint density at radius 3 is 2.55 bits per heavy atom. The van der Waals surface area contributed by atoms with Crippen molar-refractivity contribution in [2.24, 2.45) is 0 Å². The number of methoxy groups -OCH3 is 1. The van der Waals surface area contributed by atoms with E-state index < -0.39 is 0 Å². The maximum Gasteiger partial charge on any atom is 0.244 e. The second kappa shape index (κ2) is 8.66. The number of aromatic nitrogens is 4. The number of amides is 1. The molecule has 0 unspecified atom stereocenters. The molecule has 2 heterocycles. The summed E-state index contributed by atoms with van der Waals surface area (Å²) in [7, 11) is 1.63. The molecule has 29 heavy (non-hydrogen) atoms. The SMILES string of the molecule is COc1ccc([C@@H](NC(=O)Cn2nnc(-c3ccsc3)n2)c2ccccc2)cc1. The van der Waals surface area contributed by atoms with E-state index in [0.29, 0.717) is 5.82 Å². The fourth-order valence-corrected chi connectivity index (χ4v) is 3.59. The standard InChI is InChI=1S/C21H19N5O2S/c1-28-18-9-7-16(8-10-18)20(15-5-3-2-4-6-15)22-19(27)13-26-24-21(23-25-26)17-11-12-29-14-17/h2-12,14,20H,13H2,1H3,(H,22,27)/t20-/m0/s1. The van der Waals surface area contributed by atoms with Crippen LogP contribution in [0.4, 0.5) is 0 Å². The van der Waals surface area contributed by atoms with Crippen LogP contribution in [0.15, 0.2) is 71.4 Å². The number of carbonyl (C=O) groups is 1. The van der Waals surface area contributed by atoms with Crippen molar-refractivity contribution in [2.45, 2.75) is 12.6 Å². The predicted molar refractivity (Wildman–Crippen MR) is 111 cm³/mol. The molecule has 0 aliphatic rings. The first kappa shape index (κ1) is 18.8. The van der Waals surface area contributed by atoms with Crippen LogP contribution in [0.3, 0.4) is 0 Å². The highest BCUT2D eigenvalue weighted by Crippen LogP contribution is 2.24. The summed E-state index contributed by atoms with van der Waals surface area (Å²) in [6.45, 7) is -0.0172. The van der Waals surface area contributed by atoms with E-state index in [1.54, 1.807) is 18.4 Å². The average molecular weight is 405 g/mol. The van der Waals surface area contributed by atoms with E-state index in [4.69, 9.17) is 4.74 Å². The number of nitrogens with zero attached hydrogens (tertiary/aromatic N) is 4. The fourth-order valence-electron chi connectivity index (χ4n) is 2.95. The highest BCUT2D eigenvalue weighted by molar-refractivity contribution is 7.08. The van der Waals surface area contributed by atoms with Crippen molar-refractivity contribution in [2.75, 3.05) is 7.11 Å². The molecule has 1 N–H and O–H groups in total. The van der Waals surface area contributed by atoms with Crippen LogP contribution in [0, 0.1) is 0 Å². The molecule has 4 aromatic rings. The molecule has 0 saturated heterocycles. The quantitative estimate of drug-likeness (QED) is 0.510. The van der Waals surface area contributed by atoms with Gasteiger partial charge in [-0.3, -0.25) is 4.79 Å². The minimum Gasteiger partial charge on any atom is -0.497 e. The number of rotatable bonds is 7. The zero-order chi connectivity index (χ0) is 20.1. The normalized spacial score (nSPS) is 11.8. The van der Waals surface area contributed by atoms with Gasteiger partial charge in [-0.05, 0) is 39.9 Å². The summed E-state index contributed by atoms with van der Waals surface area (Å²) in [4.78, 5) is 14.0. The first-order valence-electron chi connectivity index (χ1n) is 9.01. The van der Waals surface area contributed by atoms with Crippen LogP contribution in [0.1, 0.15) is 17.2 Å². The molecule has 2 aromatic heterocycles. The number of ether oxygens (including phenoxy) is 1. The van der Waals surface area contributed by atoms with E-state index in [2.05, 4.69) is 20.7 Å². The molecule has 146 valence electrons. The van der Waals surface area contributed by atoms with Gasteiger partial charge in [-0.2, -0.15) is 16.1 Å². The Kier molecular flexibility index (Phi) is 5.62. The van der Waals surface area contributed by atoms with Gasteiger partial charge in [0.1, 0.15) is 12.3 Å². The molecule has 0 bridgehead atoms. The molecular weight excluding hydrogens is 386 g/mol. The van der Waals surface area contributed by atoms with Gasteiger partial charge in [-0.1, -0.05) is 42.5 Å². The number of hydrogen-bond donors (Lipinski definition) is 1. The van der Waals surface area contributed by atoms with E-state index in [1.807, 2.05) is 71.4 Å². The average Bonchev–Trinajstić information content (AvgIpc) is 3.45. The lowest BCUT2D eigenvalue weighted by molar-refractivity contribution is -0.122. The Hall–Kier alpha value is -3.52. The number of hydrogen-bond acceptors (Lipinski definition) is 6. The Balaban J connectivity index is 1.51. The van der Waals surface area contributed by atoms with Crippen LogP contribution >= 0.6 is 11.3 Å². The minimum atomic E-state index is -0.297. The molecule has 4 rings (SSSR count). The van der Waals surface area contributed by atoms with Crippen molar-refractivity contribution in [3.63, 3.8) is 0 Å². The lowest BCUT2D eigenvalue weighted by Crippen LogP contribution is -2.32. The van der Waals surface area contributed by atoms with Crippen LogP contribution < -0.4 is 10.1 Å². The van der Waals surface area contributed by atoms with E-state index in [0.717, 1.165) is 22.4 Å². The molecule has 1 atom stereocenters. The molecule has 0 saturated carbocycles. The summed E-state index contributed by atoms with van der Waals surface area (Å²) in [5.74, 6) is 1.07. The second-order valence-corrected chi connectivity index (χ2v) is 7.12. The lowest BCUT2D eigenvalue weighted by atomic mass is 9.98. The van der Waals surface area contributed by atoms with Gasteiger partial charge in [0, 0.05) is 10.9 Å². The third kappa shape index (κ3) is 4.49. The van der Waals surface area contributed by atoms with Crippen molar-refractivity contribution in [3.8, 4) is 17.1 Å². The summed E-state index contributed by atoms with van der Waals surface area (Å²) in [6, 6.07) is 19.1. The first-order valence-corrected chi connectivity index (χ1v) is 9.96. The number of thiophene rings is 1. The predicted octanol–water partition coefficient (Wildman–Crippen LogP) is 3.32. The minimum absolute atomic E-state index is 0.0172. The zero-order valence-corrected chi connectivity index (χ0v) is 16.5. The Morgan fingerprint density at radius 2 is 1.86 bits per heavy atom. The maximum atomic E-state index is 12.7. The highest BCUT2D eigenvalue weighted by atomic mass is 32.1. The van der Waals surface area contributed by atoms with Gasteiger partial charge in [-0.15, -0.1) is 10.2 Å². The first-order chi connectivity index (χ1) is 14.2. The summed E-state index contributed by atoms with van der Waals surface area (Å²) < 4.78 is 5.23. The monoisotopic (exact) mass is 405 g/mol. The van der Waals surface area contributed by atoms with E-state index in [-0.39, 0.29) is 18.5 Å². The van der Waals surface area contributed by atoms with E-state index in [9.17, 15) is 4.79 Å². The van der Waals surface area contributed by atoms with E-state index in [1.165, 1.54) is 4.80 Å². The molecule has 1 amide bonds. The second-order valence-electron chi connectivity index (χ2n) is 6.34. The Morgan fingerprint density at radius 1 is 1.10 bits per heavy atom. The van der Waals surface area contributed by atoms with Crippen LogP contribution in [0.2, 0.25) is 0 Å². The van der Waals surface area contributed by atoms with Crippen molar-refractivity contribution in [1.82, 2.24) is 25.5 Å². The third-order valence-electron chi connectivity index (χ3n) is 4.40. The molecule has 7 nitrogen and oxygen atoms in total. The summed E-state index contributed by atoms with van der Waals surface area (Å²) >= 11 is 1.56. The van der Waals surface area contributed by atoms with Gasteiger partial charge in [-0.25, -0.2) is 0 Å². The van der Waals surface area contributed by atoms with Crippen LogP contribution in [-0.2, 0) is 11.3 Å². The van der Waals surface area contributed by atoms with Crippen molar-refractivity contribution in [3.05, 3.63) is 82.6 Å². The molecule has 0 aliphatic heterocycles. The Labute approximate surface area is 172 Å². The topological polar surface area (TPSA) is 81.9 Å².